The predicted octanol–water partition coefficient (Wildman–Crippen LogP) is 4.10. The molecule has 0 radical (unpaired) electrons. The summed E-state index contributed by atoms with van der Waals surface area (Å²) in [6.45, 7) is 0. The van der Waals surface area contributed by atoms with E-state index in [1.807, 2.05) is 12.1 Å². The molecule has 0 saturated carbocycles. The number of hydrogen-bond donors (Lipinski definition) is 1. The van der Waals surface area contributed by atoms with Crippen LogP contribution in [0.1, 0.15) is 34.3 Å². The lowest BCUT2D eigenvalue weighted by molar-refractivity contribution is 0.102. The highest BCUT2D eigenvalue weighted by molar-refractivity contribution is 6.04. The molecule has 1 amide bonds. The quantitative estimate of drug-likeness (QED) is 0.885. The van der Waals surface area contributed by atoms with Crippen molar-refractivity contribution in [2.45, 2.75) is 25.7 Å². The number of carbonyl (C=O) groups excluding carboxylic acids is 1. The molecule has 0 atom stereocenters. The van der Waals surface area contributed by atoms with Gasteiger partial charge in [-0.1, -0.05) is 18.2 Å². The lowest BCUT2D eigenvalue weighted by Gasteiger charge is -2.19. The lowest BCUT2D eigenvalue weighted by Crippen LogP contribution is -2.17. The van der Waals surface area contributed by atoms with Gasteiger partial charge in [0.25, 0.3) is 5.91 Å². The molecule has 1 aliphatic carbocycles. The smallest absolute Gasteiger partial charge is 0.258 e. The van der Waals surface area contributed by atoms with Gasteiger partial charge in [-0.25, -0.2) is 8.78 Å². The molecule has 0 bridgehead atoms. The van der Waals surface area contributed by atoms with E-state index < -0.39 is 17.5 Å². The van der Waals surface area contributed by atoms with Crippen LogP contribution in [0.15, 0.2) is 36.4 Å². The molecule has 21 heavy (non-hydrogen) atoms. The summed E-state index contributed by atoms with van der Waals surface area (Å²) in [5.74, 6) is -2.75. The Kier molecular flexibility index (Phi) is 3.69. The van der Waals surface area contributed by atoms with Crippen LogP contribution in [-0.2, 0) is 12.8 Å². The summed E-state index contributed by atoms with van der Waals surface area (Å²) >= 11 is 0. The first-order valence-corrected chi connectivity index (χ1v) is 7.03. The van der Waals surface area contributed by atoms with Crippen molar-refractivity contribution >= 4 is 11.6 Å². The molecule has 0 spiro atoms. The van der Waals surface area contributed by atoms with Gasteiger partial charge < -0.3 is 5.32 Å². The SMILES string of the molecule is O=C(Nc1cccc2c1CCCC2)c1cccc(F)c1F. The molecular weight excluding hydrogens is 272 g/mol. The van der Waals surface area contributed by atoms with Crippen LogP contribution in [0.3, 0.4) is 0 Å². The highest BCUT2D eigenvalue weighted by Crippen LogP contribution is 2.28. The molecule has 0 aromatic heterocycles. The number of rotatable bonds is 2. The highest BCUT2D eigenvalue weighted by atomic mass is 19.2. The average Bonchev–Trinajstić information content (AvgIpc) is 2.50. The molecule has 108 valence electrons. The first-order chi connectivity index (χ1) is 10.2. The second kappa shape index (κ2) is 5.64. The number of amides is 1. The van der Waals surface area contributed by atoms with Crippen molar-refractivity contribution in [1.29, 1.82) is 0 Å². The van der Waals surface area contributed by atoms with E-state index in [1.54, 1.807) is 6.07 Å². The van der Waals surface area contributed by atoms with E-state index in [0.29, 0.717) is 5.69 Å². The van der Waals surface area contributed by atoms with E-state index in [1.165, 1.54) is 17.7 Å². The van der Waals surface area contributed by atoms with Crippen LogP contribution < -0.4 is 5.32 Å². The molecule has 0 fully saturated rings. The zero-order chi connectivity index (χ0) is 14.8. The molecule has 2 aromatic carbocycles. The Hall–Kier alpha value is -2.23. The fourth-order valence-electron chi connectivity index (χ4n) is 2.77. The molecule has 0 aliphatic heterocycles. The Morgan fingerprint density at radius 1 is 1.00 bits per heavy atom. The fourth-order valence-corrected chi connectivity index (χ4v) is 2.77. The third kappa shape index (κ3) is 2.66. The van der Waals surface area contributed by atoms with Crippen molar-refractivity contribution in [2.24, 2.45) is 0 Å². The summed E-state index contributed by atoms with van der Waals surface area (Å²) < 4.78 is 26.9. The van der Waals surface area contributed by atoms with E-state index in [2.05, 4.69) is 5.32 Å². The molecule has 4 heteroatoms. The molecule has 2 nitrogen and oxygen atoms in total. The minimum Gasteiger partial charge on any atom is -0.322 e. The molecule has 0 heterocycles. The van der Waals surface area contributed by atoms with Gasteiger partial charge in [-0.3, -0.25) is 4.79 Å². The molecule has 0 unspecified atom stereocenters. The molecule has 2 aromatic rings. The Bertz CT molecular complexity index is 697. The number of halogens is 2. The summed E-state index contributed by atoms with van der Waals surface area (Å²) in [6.07, 6.45) is 4.11. The van der Waals surface area contributed by atoms with Crippen LogP contribution in [-0.4, -0.2) is 5.91 Å². The van der Waals surface area contributed by atoms with Crippen LogP contribution >= 0.6 is 0 Å². The number of hydrogen-bond acceptors (Lipinski definition) is 1. The number of aryl methyl sites for hydroxylation is 1. The van der Waals surface area contributed by atoms with Gasteiger partial charge >= 0.3 is 0 Å². The highest BCUT2D eigenvalue weighted by Gasteiger charge is 2.18. The van der Waals surface area contributed by atoms with E-state index in [0.717, 1.165) is 37.3 Å². The van der Waals surface area contributed by atoms with Crippen molar-refractivity contribution in [3.05, 3.63) is 64.7 Å². The monoisotopic (exact) mass is 287 g/mol. The number of benzene rings is 2. The van der Waals surface area contributed by atoms with Gasteiger partial charge in [0.15, 0.2) is 11.6 Å². The number of fused-ring (bicyclic) bond motifs is 1. The third-order valence-corrected chi connectivity index (χ3v) is 3.84. The summed E-state index contributed by atoms with van der Waals surface area (Å²) in [7, 11) is 0. The predicted molar refractivity (Wildman–Crippen MR) is 77.4 cm³/mol. The van der Waals surface area contributed by atoms with Crippen molar-refractivity contribution < 1.29 is 13.6 Å². The van der Waals surface area contributed by atoms with E-state index >= 15 is 0 Å². The summed E-state index contributed by atoms with van der Waals surface area (Å²) in [4.78, 5) is 12.2. The molecule has 0 saturated heterocycles. The average molecular weight is 287 g/mol. The van der Waals surface area contributed by atoms with Crippen molar-refractivity contribution in [2.75, 3.05) is 5.32 Å². The largest absolute Gasteiger partial charge is 0.322 e. The fraction of sp³-hybridized carbons (Fsp3) is 0.235. The zero-order valence-electron chi connectivity index (χ0n) is 11.5. The minimum absolute atomic E-state index is 0.275. The third-order valence-electron chi connectivity index (χ3n) is 3.84. The summed E-state index contributed by atoms with van der Waals surface area (Å²) in [6, 6.07) is 9.33. The van der Waals surface area contributed by atoms with E-state index in [9.17, 15) is 13.6 Å². The Labute approximate surface area is 121 Å². The second-order valence-electron chi connectivity index (χ2n) is 5.21. The topological polar surface area (TPSA) is 29.1 Å². The molecule has 1 N–H and O–H groups in total. The second-order valence-corrected chi connectivity index (χ2v) is 5.21. The number of carbonyl (C=O) groups is 1. The van der Waals surface area contributed by atoms with Gasteiger partial charge in [-0.2, -0.15) is 0 Å². The number of nitrogens with one attached hydrogen (secondary N) is 1. The van der Waals surface area contributed by atoms with Crippen LogP contribution in [0.25, 0.3) is 0 Å². The molecule has 3 rings (SSSR count). The lowest BCUT2D eigenvalue weighted by atomic mass is 9.90. The van der Waals surface area contributed by atoms with Gasteiger partial charge in [-0.05, 0) is 55.0 Å². The maximum Gasteiger partial charge on any atom is 0.258 e. The molecular formula is C17H15F2NO. The summed E-state index contributed by atoms with van der Waals surface area (Å²) in [5, 5.41) is 2.71. The van der Waals surface area contributed by atoms with Gasteiger partial charge in [0.1, 0.15) is 0 Å². The van der Waals surface area contributed by atoms with E-state index in [-0.39, 0.29) is 5.56 Å². The Morgan fingerprint density at radius 3 is 2.62 bits per heavy atom. The summed E-state index contributed by atoms with van der Waals surface area (Å²) in [5.41, 5.74) is 2.75. The van der Waals surface area contributed by atoms with Gasteiger partial charge in [0.2, 0.25) is 0 Å². The van der Waals surface area contributed by atoms with Crippen molar-refractivity contribution in [3.63, 3.8) is 0 Å². The first kappa shape index (κ1) is 13.7. The molecule has 1 aliphatic rings. The van der Waals surface area contributed by atoms with Crippen LogP contribution in [0.2, 0.25) is 0 Å². The van der Waals surface area contributed by atoms with Gasteiger partial charge in [0, 0.05) is 5.69 Å². The first-order valence-electron chi connectivity index (χ1n) is 7.03. The van der Waals surface area contributed by atoms with Gasteiger partial charge in [0.05, 0.1) is 5.56 Å². The van der Waals surface area contributed by atoms with Crippen LogP contribution in [0.5, 0.6) is 0 Å². The Balaban J connectivity index is 1.90. The van der Waals surface area contributed by atoms with Crippen molar-refractivity contribution in [1.82, 2.24) is 0 Å². The standard InChI is InChI=1S/C17H15F2NO/c18-14-9-4-8-13(16(14)19)17(21)20-15-10-3-6-11-5-1-2-7-12(11)15/h3-4,6,8-10H,1-2,5,7H2,(H,20,21). The van der Waals surface area contributed by atoms with Gasteiger partial charge in [-0.15, -0.1) is 0 Å². The maximum atomic E-state index is 13.7. The van der Waals surface area contributed by atoms with Crippen molar-refractivity contribution in [3.8, 4) is 0 Å². The maximum absolute atomic E-state index is 13.7. The minimum atomic E-state index is -1.11. The van der Waals surface area contributed by atoms with Crippen LogP contribution in [0.4, 0.5) is 14.5 Å². The van der Waals surface area contributed by atoms with E-state index in [4.69, 9.17) is 0 Å². The van der Waals surface area contributed by atoms with Crippen LogP contribution in [0, 0.1) is 11.6 Å². The zero-order valence-corrected chi connectivity index (χ0v) is 11.5. The number of anilines is 1. The normalized spacial score (nSPS) is 13.6. The Morgan fingerprint density at radius 2 is 1.76 bits per heavy atom.